The van der Waals surface area contributed by atoms with Gasteiger partial charge in [0.05, 0.1) is 0 Å². The van der Waals surface area contributed by atoms with Gasteiger partial charge >= 0.3 is 0 Å². The fourth-order valence-electron chi connectivity index (χ4n) is 3.08. The van der Waals surface area contributed by atoms with E-state index in [2.05, 4.69) is 44.2 Å². The number of hydrogen-bond donors (Lipinski definition) is 2. The van der Waals surface area contributed by atoms with Gasteiger partial charge in [0.2, 0.25) is 0 Å². The van der Waals surface area contributed by atoms with E-state index in [0.29, 0.717) is 5.56 Å². The number of carbonyl (C=O) groups excluding carboxylic acids is 1. The molecular formula is C20H35N3O2Si. The van der Waals surface area contributed by atoms with Crippen LogP contribution in [-0.4, -0.2) is 33.9 Å². The van der Waals surface area contributed by atoms with E-state index in [0.717, 1.165) is 32.0 Å². The van der Waals surface area contributed by atoms with Crippen LogP contribution in [0.2, 0.25) is 18.1 Å². The smallest absolute Gasteiger partial charge is 0.265 e. The molecule has 1 heterocycles. The third-order valence-electron chi connectivity index (χ3n) is 6.04. The average Bonchev–Trinajstić information content (AvgIpc) is 2.61. The zero-order chi connectivity index (χ0) is 19.4. The van der Waals surface area contributed by atoms with E-state index >= 15 is 0 Å². The molecule has 0 atom stereocenters. The lowest BCUT2D eigenvalue weighted by Gasteiger charge is -2.37. The molecule has 0 saturated carbocycles. The number of nitrogen functional groups attached to an aromatic ring is 1. The first-order chi connectivity index (χ1) is 12.1. The van der Waals surface area contributed by atoms with E-state index in [9.17, 15) is 4.79 Å². The average molecular weight is 378 g/mol. The molecule has 6 heteroatoms. The maximum atomic E-state index is 11.5. The molecule has 3 N–H and O–H groups in total. The van der Waals surface area contributed by atoms with Gasteiger partial charge in [-0.15, -0.1) is 0 Å². The van der Waals surface area contributed by atoms with Gasteiger partial charge in [-0.1, -0.05) is 20.8 Å². The number of piperidine rings is 1. The van der Waals surface area contributed by atoms with Crippen LogP contribution in [-0.2, 0) is 4.43 Å². The van der Waals surface area contributed by atoms with Gasteiger partial charge in [0, 0.05) is 30.9 Å². The Bertz CT molecular complexity index is 588. The van der Waals surface area contributed by atoms with Crippen LogP contribution in [0, 0.1) is 5.92 Å². The molecule has 1 aromatic carbocycles. The third kappa shape index (κ3) is 5.31. The summed E-state index contributed by atoms with van der Waals surface area (Å²) >= 11 is 0. The summed E-state index contributed by atoms with van der Waals surface area (Å²) in [4.78, 5) is 13.9. The Morgan fingerprint density at radius 1 is 1.23 bits per heavy atom. The van der Waals surface area contributed by atoms with Crippen molar-refractivity contribution in [2.24, 2.45) is 11.8 Å². The monoisotopic (exact) mass is 377 g/mol. The Hall–Kier alpha value is -1.37. The highest BCUT2D eigenvalue weighted by molar-refractivity contribution is 6.74. The zero-order valence-electron chi connectivity index (χ0n) is 17.0. The van der Waals surface area contributed by atoms with E-state index in [4.69, 9.17) is 10.3 Å². The molecule has 0 aliphatic carbocycles. The number of nitrogens with zero attached hydrogens (tertiary/aromatic N) is 1. The summed E-state index contributed by atoms with van der Waals surface area (Å²) in [5, 5.41) is 0.281. The van der Waals surface area contributed by atoms with Crippen LogP contribution < -0.4 is 16.2 Å². The first kappa shape index (κ1) is 20.9. The van der Waals surface area contributed by atoms with Crippen molar-refractivity contribution in [1.82, 2.24) is 5.43 Å². The zero-order valence-corrected chi connectivity index (χ0v) is 18.0. The Labute approximate surface area is 159 Å². The van der Waals surface area contributed by atoms with Crippen molar-refractivity contribution in [1.29, 1.82) is 0 Å². The van der Waals surface area contributed by atoms with Crippen molar-refractivity contribution < 1.29 is 9.22 Å². The summed E-state index contributed by atoms with van der Waals surface area (Å²) in [5.41, 5.74) is 3.93. The number of hydrogen-bond acceptors (Lipinski definition) is 4. The Morgan fingerprint density at radius 2 is 1.81 bits per heavy atom. The standard InChI is InChI=1S/C20H35N3O2Si/c1-20(2,3)26(4,5)25-15-12-16-10-13-23(14-11-16)18-8-6-17(7-9-18)19(24)22-21/h6-9,16H,10-15,21H2,1-5H3,(H,22,24). The molecule has 5 nitrogen and oxygen atoms in total. The maximum absolute atomic E-state index is 11.5. The van der Waals surface area contributed by atoms with Gasteiger partial charge in [0.1, 0.15) is 0 Å². The third-order valence-corrected chi connectivity index (χ3v) is 10.6. The molecule has 26 heavy (non-hydrogen) atoms. The van der Waals surface area contributed by atoms with Crippen molar-refractivity contribution >= 4 is 19.9 Å². The summed E-state index contributed by atoms with van der Waals surface area (Å²) in [5.74, 6) is 5.67. The summed E-state index contributed by atoms with van der Waals surface area (Å²) in [6.45, 7) is 14.5. The van der Waals surface area contributed by atoms with E-state index < -0.39 is 8.32 Å². The molecule has 0 bridgehead atoms. The van der Waals surface area contributed by atoms with Crippen molar-refractivity contribution in [3.63, 3.8) is 0 Å². The predicted molar refractivity (Wildman–Crippen MR) is 111 cm³/mol. The SMILES string of the molecule is CC(C)(C)[Si](C)(C)OCCC1CCN(c2ccc(C(=O)NN)cc2)CC1. The molecular weight excluding hydrogens is 342 g/mol. The van der Waals surface area contributed by atoms with Crippen molar-refractivity contribution in [2.45, 2.75) is 58.2 Å². The maximum Gasteiger partial charge on any atom is 0.265 e. The number of carbonyl (C=O) groups is 1. The number of amides is 1. The molecule has 2 rings (SSSR count). The minimum absolute atomic E-state index is 0.253. The molecule has 146 valence electrons. The van der Waals surface area contributed by atoms with Gasteiger partial charge in [0.25, 0.3) is 5.91 Å². The van der Waals surface area contributed by atoms with Gasteiger partial charge in [-0.25, -0.2) is 5.84 Å². The van der Waals surface area contributed by atoms with Crippen molar-refractivity contribution in [2.75, 3.05) is 24.6 Å². The minimum atomic E-state index is -1.63. The van der Waals surface area contributed by atoms with Gasteiger partial charge in [-0.3, -0.25) is 10.2 Å². The first-order valence-electron chi connectivity index (χ1n) is 9.64. The Kier molecular flexibility index (Phi) is 6.88. The van der Waals surface area contributed by atoms with Crippen LogP contribution in [0.4, 0.5) is 5.69 Å². The van der Waals surface area contributed by atoms with E-state index in [1.54, 1.807) is 0 Å². The number of hydrazine groups is 1. The number of benzene rings is 1. The van der Waals surface area contributed by atoms with Crippen LogP contribution in [0.1, 0.15) is 50.4 Å². The quantitative estimate of drug-likeness (QED) is 0.341. The van der Waals surface area contributed by atoms with Gasteiger partial charge < -0.3 is 9.33 Å². The summed E-state index contributed by atoms with van der Waals surface area (Å²) in [6, 6.07) is 7.67. The lowest BCUT2D eigenvalue weighted by molar-refractivity contribution is 0.0953. The summed E-state index contributed by atoms with van der Waals surface area (Å²) in [7, 11) is -1.63. The number of nitrogens with one attached hydrogen (secondary N) is 1. The first-order valence-corrected chi connectivity index (χ1v) is 12.5. The summed E-state index contributed by atoms with van der Waals surface area (Å²) in [6.07, 6.45) is 3.56. The van der Waals surface area contributed by atoms with Crippen LogP contribution in [0.25, 0.3) is 0 Å². The molecule has 0 aromatic heterocycles. The molecule has 1 saturated heterocycles. The van der Waals surface area contributed by atoms with Gasteiger partial charge in [-0.05, 0) is 67.6 Å². The molecule has 1 amide bonds. The fourth-order valence-corrected chi connectivity index (χ4v) is 4.15. The molecule has 1 aromatic rings. The summed E-state index contributed by atoms with van der Waals surface area (Å²) < 4.78 is 6.33. The second-order valence-corrected chi connectivity index (χ2v) is 13.7. The largest absolute Gasteiger partial charge is 0.417 e. The number of nitrogens with two attached hydrogens (primary N) is 1. The topological polar surface area (TPSA) is 67.6 Å². The van der Waals surface area contributed by atoms with E-state index in [1.165, 1.54) is 18.5 Å². The van der Waals surface area contributed by atoms with Crippen molar-refractivity contribution in [3.05, 3.63) is 29.8 Å². The number of anilines is 1. The Morgan fingerprint density at radius 3 is 2.31 bits per heavy atom. The highest BCUT2D eigenvalue weighted by Crippen LogP contribution is 2.37. The van der Waals surface area contributed by atoms with Crippen LogP contribution >= 0.6 is 0 Å². The van der Waals surface area contributed by atoms with Crippen LogP contribution in [0.15, 0.2) is 24.3 Å². The van der Waals surface area contributed by atoms with Gasteiger partial charge in [-0.2, -0.15) is 0 Å². The lowest BCUT2D eigenvalue weighted by Crippen LogP contribution is -2.41. The molecule has 0 radical (unpaired) electrons. The van der Waals surface area contributed by atoms with E-state index in [1.807, 2.05) is 24.3 Å². The molecule has 0 spiro atoms. The normalized spacial score (nSPS) is 16.6. The second kappa shape index (κ2) is 8.54. The Balaban J connectivity index is 1.78. The molecule has 1 fully saturated rings. The highest BCUT2D eigenvalue weighted by atomic mass is 28.4. The number of rotatable bonds is 6. The molecule has 1 aliphatic heterocycles. The second-order valence-electron chi connectivity index (χ2n) is 8.85. The highest BCUT2D eigenvalue weighted by Gasteiger charge is 2.37. The minimum Gasteiger partial charge on any atom is -0.417 e. The lowest BCUT2D eigenvalue weighted by atomic mass is 9.93. The molecule has 0 unspecified atom stereocenters. The van der Waals surface area contributed by atoms with E-state index in [-0.39, 0.29) is 10.9 Å². The fraction of sp³-hybridized carbons (Fsp3) is 0.650. The van der Waals surface area contributed by atoms with Crippen molar-refractivity contribution in [3.8, 4) is 0 Å². The van der Waals surface area contributed by atoms with Crippen LogP contribution in [0.5, 0.6) is 0 Å². The predicted octanol–water partition coefficient (Wildman–Crippen LogP) is 3.92. The van der Waals surface area contributed by atoms with Crippen LogP contribution in [0.3, 0.4) is 0 Å². The van der Waals surface area contributed by atoms with Gasteiger partial charge in [0.15, 0.2) is 8.32 Å². The molecule has 1 aliphatic rings.